The number of hydrogen-bond donors (Lipinski definition) is 6. The molecule has 1 aliphatic heterocycles. The van der Waals surface area contributed by atoms with E-state index in [1.54, 1.807) is 6.08 Å². The number of aliphatic hydroxyl groups is 5. The van der Waals surface area contributed by atoms with E-state index in [1.165, 1.54) is 109 Å². The first-order valence-corrected chi connectivity index (χ1v) is 29.1. The molecule has 0 spiro atoms. The van der Waals surface area contributed by atoms with Crippen LogP contribution < -0.4 is 5.32 Å². The van der Waals surface area contributed by atoms with Crippen LogP contribution in [0.25, 0.3) is 0 Å². The van der Waals surface area contributed by atoms with Crippen LogP contribution in [0.5, 0.6) is 0 Å². The van der Waals surface area contributed by atoms with Crippen molar-refractivity contribution < 1.29 is 39.8 Å². The largest absolute Gasteiger partial charge is 0.394 e. The fourth-order valence-corrected chi connectivity index (χ4v) is 8.49. The Morgan fingerprint density at radius 3 is 1.33 bits per heavy atom. The third-order valence-corrected chi connectivity index (χ3v) is 13.1. The predicted molar refractivity (Wildman–Crippen MR) is 304 cm³/mol. The first kappa shape index (κ1) is 66.9. The Kier molecular flexibility index (Phi) is 47.7. The molecule has 1 heterocycles. The van der Waals surface area contributed by atoms with E-state index >= 15 is 0 Å². The van der Waals surface area contributed by atoms with Crippen LogP contribution in [0.2, 0.25) is 0 Å². The van der Waals surface area contributed by atoms with E-state index in [1.807, 2.05) is 6.08 Å². The Labute approximate surface area is 440 Å². The molecule has 7 unspecified atom stereocenters. The molecule has 0 aromatic carbocycles. The number of ether oxygens (including phenoxy) is 2. The van der Waals surface area contributed by atoms with E-state index in [-0.39, 0.29) is 12.5 Å². The van der Waals surface area contributed by atoms with Crippen LogP contribution in [-0.2, 0) is 14.3 Å². The van der Waals surface area contributed by atoms with Crippen LogP contribution >= 0.6 is 0 Å². The van der Waals surface area contributed by atoms with Crippen molar-refractivity contribution in [2.75, 3.05) is 13.2 Å². The van der Waals surface area contributed by atoms with Crippen molar-refractivity contribution in [2.24, 2.45) is 0 Å². The summed E-state index contributed by atoms with van der Waals surface area (Å²) in [5, 5.41) is 54.1. The number of rotatable bonds is 48. The molecule has 1 fully saturated rings. The number of hydrogen-bond acceptors (Lipinski definition) is 8. The average Bonchev–Trinajstić information content (AvgIpc) is 3.38. The van der Waals surface area contributed by atoms with Crippen molar-refractivity contribution in [3.8, 4) is 0 Å². The summed E-state index contributed by atoms with van der Waals surface area (Å²) >= 11 is 0. The number of amides is 1. The molecule has 1 rings (SSSR count). The third-order valence-electron chi connectivity index (χ3n) is 13.1. The molecule has 1 aliphatic rings. The summed E-state index contributed by atoms with van der Waals surface area (Å²) in [7, 11) is 0. The number of carbonyl (C=O) groups excluding carboxylic acids is 1. The van der Waals surface area contributed by atoms with E-state index in [9.17, 15) is 30.3 Å². The monoisotopic (exact) mass is 1010 g/mol. The van der Waals surface area contributed by atoms with Crippen molar-refractivity contribution in [3.63, 3.8) is 0 Å². The van der Waals surface area contributed by atoms with Gasteiger partial charge in [0.1, 0.15) is 24.4 Å². The SMILES string of the molecule is CC/C=C\C/C=C\C/C=C\C/C=C\C/C=C\C/C=C\C/C=C\CCCCCCCCCCCCCCCCCCCCCC(=O)NC(COC1OC(CO)C(O)C(O)C1O)C(O)/C=C/CC/C=C/CCCC. The average molecular weight is 1010 g/mol. The molecule has 0 radical (unpaired) electrons. The zero-order valence-electron chi connectivity index (χ0n) is 45.6. The van der Waals surface area contributed by atoms with Gasteiger partial charge in [0, 0.05) is 6.42 Å². The third kappa shape index (κ3) is 40.3. The summed E-state index contributed by atoms with van der Waals surface area (Å²) in [4.78, 5) is 13.0. The van der Waals surface area contributed by atoms with Crippen LogP contribution in [0.3, 0.4) is 0 Å². The smallest absolute Gasteiger partial charge is 0.220 e. The van der Waals surface area contributed by atoms with Crippen molar-refractivity contribution >= 4 is 5.91 Å². The Morgan fingerprint density at radius 2 is 0.875 bits per heavy atom. The van der Waals surface area contributed by atoms with E-state index in [4.69, 9.17) is 9.47 Å². The van der Waals surface area contributed by atoms with Crippen molar-refractivity contribution in [2.45, 2.75) is 269 Å². The molecule has 9 heteroatoms. The highest BCUT2D eigenvalue weighted by Gasteiger charge is 2.44. The van der Waals surface area contributed by atoms with Crippen LogP contribution in [-0.4, -0.2) is 87.5 Å². The quantitative estimate of drug-likeness (QED) is 0.0261. The van der Waals surface area contributed by atoms with Crippen LogP contribution in [0, 0.1) is 0 Å². The minimum absolute atomic E-state index is 0.192. The molecule has 0 aliphatic carbocycles. The van der Waals surface area contributed by atoms with E-state index in [2.05, 4.69) is 116 Å². The summed E-state index contributed by atoms with van der Waals surface area (Å²) in [6, 6.07) is -0.822. The Balaban J connectivity index is 2.02. The lowest BCUT2D eigenvalue weighted by molar-refractivity contribution is -0.302. The molecule has 412 valence electrons. The maximum Gasteiger partial charge on any atom is 0.220 e. The van der Waals surface area contributed by atoms with Gasteiger partial charge in [0.2, 0.25) is 5.91 Å². The number of aliphatic hydroxyl groups excluding tert-OH is 5. The Morgan fingerprint density at radius 1 is 0.486 bits per heavy atom. The number of allylic oxidation sites excluding steroid dienone is 17. The molecule has 72 heavy (non-hydrogen) atoms. The van der Waals surface area contributed by atoms with Crippen LogP contribution in [0.15, 0.2) is 109 Å². The van der Waals surface area contributed by atoms with Gasteiger partial charge in [0.05, 0.1) is 25.4 Å². The normalized spacial score (nSPS) is 20.0. The molecular weight excluding hydrogens is 899 g/mol. The van der Waals surface area contributed by atoms with Crippen LogP contribution in [0.4, 0.5) is 0 Å². The lowest BCUT2D eigenvalue weighted by Gasteiger charge is -2.40. The van der Waals surface area contributed by atoms with E-state index < -0.39 is 49.5 Å². The second kappa shape index (κ2) is 51.3. The summed E-state index contributed by atoms with van der Waals surface area (Å²) in [5.41, 5.74) is 0. The summed E-state index contributed by atoms with van der Waals surface area (Å²) < 4.78 is 11.2. The van der Waals surface area contributed by atoms with Gasteiger partial charge in [-0.2, -0.15) is 0 Å². The van der Waals surface area contributed by atoms with Gasteiger partial charge in [0.25, 0.3) is 0 Å². The second-order valence-electron chi connectivity index (χ2n) is 19.7. The minimum atomic E-state index is -1.57. The van der Waals surface area contributed by atoms with Crippen molar-refractivity contribution in [1.29, 1.82) is 0 Å². The molecule has 0 bridgehead atoms. The summed E-state index contributed by atoms with van der Waals surface area (Å²) in [6.07, 6.45) is 69.2. The molecule has 6 N–H and O–H groups in total. The number of carbonyl (C=O) groups is 1. The molecule has 0 aromatic heterocycles. The predicted octanol–water partition coefficient (Wildman–Crippen LogP) is 14.6. The number of nitrogens with one attached hydrogen (secondary N) is 1. The maximum absolute atomic E-state index is 13.0. The van der Waals surface area contributed by atoms with Gasteiger partial charge in [-0.15, -0.1) is 0 Å². The Hall–Kier alpha value is -3.15. The topological polar surface area (TPSA) is 149 Å². The molecule has 1 saturated heterocycles. The first-order chi connectivity index (χ1) is 35.3. The van der Waals surface area contributed by atoms with Gasteiger partial charge < -0.3 is 40.3 Å². The molecule has 7 atom stereocenters. The molecular formula is C63H107NO8. The summed E-state index contributed by atoms with van der Waals surface area (Å²) in [5.74, 6) is -0.192. The molecule has 0 saturated carbocycles. The highest BCUT2D eigenvalue weighted by atomic mass is 16.7. The molecule has 0 aromatic rings. The molecule has 9 nitrogen and oxygen atoms in total. The highest BCUT2D eigenvalue weighted by Crippen LogP contribution is 2.23. The van der Waals surface area contributed by atoms with Crippen LogP contribution in [0.1, 0.15) is 226 Å². The fraction of sp³-hybridized carbons (Fsp3) is 0.698. The lowest BCUT2D eigenvalue weighted by atomic mass is 9.99. The first-order valence-electron chi connectivity index (χ1n) is 29.1. The van der Waals surface area contributed by atoms with Gasteiger partial charge in [-0.05, 0) is 83.5 Å². The highest BCUT2D eigenvalue weighted by molar-refractivity contribution is 5.76. The van der Waals surface area contributed by atoms with Gasteiger partial charge in [0.15, 0.2) is 6.29 Å². The van der Waals surface area contributed by atoms with E-state index in [0.717, 1.165) is 96.3 Å². The molecule has 1 amide bonds. The minimum Gasteiger partial charge on any atom is -0.394 e. The van der Waals surface area contributed by atoms with E-state index in [0.29, 0.717) is 6.42 Å². The Bertz CT molecular complexity index is 1490. The van der Waals surface area contributed by atoms with Gasteiger partial charge >= 0.3 is 0 Å². The van der Waals surface area contributed by atoms with Gasteiger partial charge in [-0.1, -0.05) is 245 Å². The van der Waals surface area contributed by atoms with Gasteiger partial charge in [-0.25, -0.2) is 0 Å². The second-order valence-corrected chi connectivity index (χ2v) is 19.7. The fourth-order valence-electron chi connectivity index (χ4n) is 8.49. The standard InChI is InChI=1S/C63H107NO8/c1-3-5-7-9-11-13-14-15-16-17-18-19-20-21-22-23-24-25-26-27-28-29-30-31-32-33-34-35-36-37-38-39-40-41-42-43-44-45-47-49-51-53-59(67)64-56(57(66)52-50-48-46-12-10-8-6-4-2)55-71-63-62(70)61(69)60(68)58(54-65)72-63/h5,7,10-13,15-16,18-19,21-22,24-25,27-28,50,52,56-58,60-63,65-66,68-70H,3-4,6,8-9,14,17,20,23,26,29-49,51,53-55H2,1-2H3,(H,64,67)/b7-5-,12-10+,13-11-,16-15-,19-18-,22-21-,25-24-,28-27-,52-50+. The maximum atomic E-state index is 13.0. The zero-order chi connectivity index (χ0) is 52.2. The summed E-state index contributed by atoms with van der Waals surface area (Å²) in [6.45, 7) is 3.56. The zero-order valence-corrected chi connectivity index (χ0v) is 45.6. The van der Waals surface area contributed by atoms with Crippen molar-refractivity contribution in [3.05, 3.63) is 109 Å². The van der Waals surface area contributed by atoms with Crippen molar-refractivity contribution in [1.82, 2.24) is 5.32 Å². The van der Waals surface area contributed by atoms with Gasteiger partial charge in [-0.3, -0.25) is 4.79 Å². The lowest BCUT2D eigenvalue weighted by Crippen LogP contribution is -2.60. The number of unbranched alkanes of at least 4 members (excludes halogenated alkanes) is 22.